The number of hydrazone groups is 2. The Bertz CT molecular complexity index is 746. The van der Waals surface area contributed by atoms with Gasteiger partial charge in [-0.05, 0) is 19.4 Å². The van der Waals surface area contributed by atoms with E-state index >= 15 is 0 Å². The Kier molecular flexibility index (Phi) is 3.84. The van der Waals surface area contributed by atoms with Crippen LogP contribution in [0.5, 0.6) is 0 Å². The molecular weight excluding hydrogens is 314 g/mol. The summed E-state index contributed by atoms with van der Waals surface area (Å²) < 4.78 is 0. The third-order valence-electron chi connectivity index (χ3n) is 4.36. The van der Waals surface area contributed by atoms with Gasteiger partial charge in [0.05, 0.1) is 16.8 Å². The molecule has 0 aromatic heterocycles. The van der Waals surface area contributed by atoms with Gasteiger partial charge in [-0.3, -0.25) is 19.7 Å². The molecule has 0 saturated heterocycles. The Hall–Kier alpha value is -3.10. The number of hydrogen-bond acceptors (Lipinski definition) is 6. The van der Waals surface area contributed by atoms with Crippen LogP contribution in [0.3, 0.4) is 0 Å². The van der Waals surface area contributed by atoms with Crippen molar-refractivity contribution in [1.82, 2.24) is 10.9 Å². The molecule has 2 aliphatic heterocycles. The van der Waals surface area contributed by atoms with E-state index in [1.54, 1.807) is 26.0 Å². The van der Waals surface area contributed by atoms with E-state index in [0.717, 1.165) is 0 Å². The maximum Gasteiger partial charge on any atom is 0.269 e. The van der Waals surface area contributed by atoms with Gasteiger partial charge in [0, 0.05) is 29.5 Å². The average molecular weight is 329 g/mol. The van der Waals surface area contributed by atoms with Gasteiger partial charge in [0.1, 0.15) is 0 Å². The standard InChI is InChI=1S/C15H15N5O4/c1-7-11(14(21)18-16-7)13(12-8(2)17-19-15(12)22)9-3-5-10(6-4-9)20(23)24/h3-6,11-13H,1-2H3,(H,18,21)(H,19,22)/t11-,12-/m1/s1. The number of nitrogens with zero attached hydrogens (tertiary/aromatic N) is 3. The minimum atomic E-state index is -0.634. The zero-order valence-corrected chi connectivity index (χ0v) is 13.0. The number of nitro groups is 1. The van der Waals surface area contributed by atoms with Gasteiger partial charge >= 0.3 is 0 Å². The molecule has 0 fully saturated rings. The SMILES string of the molecule is CC1=NNC(=O)[C@H]1C(c1ccc([N+](=O)[O-])cc1)[C@@H]1C(=O)NN=C1C. The zero-order chi connectivity index (χ0) is 17.4. The summed E-state index contributed by atoms with van der Waals surface area (Å²) in [5, 5.41) is 18.7. The van der Waals surface area contributed by atoms with Crippen molar-refractivity contribution in [2.45, 2.75) is 19.8 Å². The first-order valence-electron chi connectivity index (χ1n) is 7.32. The normalized spacial score (nSPS) is 23.0. The van der Waals surface area contributed by atoms with E-state index in [9.17, 15) is 19.7 Å². The van der Waals surface area contributed by atoms with Crippen molar-refractivity contribution in [1.29, 1.82) is 0 Å². The second-order valence-corrected chi connectivity index (χ2v) is 5.79. The maximum atomic E-state index is 12.2. The molecule has 24 heavy (non-hydrogen) atoms. The van der Waals surface area contributed by atoms with Crippen LogP contribution in [-0.2, 0) is 9.59 Å². The fraction of sp³-hybridized carbons (Fsp3) is 0.333. The Labute approximate surface area is 137 Å². The third-order valence-corrected chi connectivity index (χ3v) is 4.36. The van der Waals surface area contributed by atoms with Gasteiger partial charge in [0.2, 0.25) is 11.8 Å². The molecule has 0 aliphatic carbocycles. The molecule has 3 rings (SSSR count). The summed E-state index contributed by atoms with van der Waals surface area (Å²) in [5.74, 6) is -2.41. The summed E-state index contributed by atoms with van der Waals surface area (Å²) >= 11 is 0. The quantitative estimate of drug-likeness (QED) is 0.629. The number of amides is 2. The monoisotopic (exact) mass is 329 g/mol. The zero-order valence-electron chi connectivity index (χ0n) is 13.0. The van der Waals surface area contributed by atoms with Gasteiger partial charge in [-0.15, -0.1) is 0 Å². The van der Waals surface area contributed by atoms with Crippen LogP contribution >= 0.6 is 0 Å². The van der Waals surface area contributed by atoms with Crippen LogP contribution in [0.1, 0.15) is 25.3 Å². The molecule has 1 aromatic carbocycles. The molecule has 9 heteroatoms. The fourth-order valence-electron chi connectivity index (χ4n) is 3.19. The van der Waals surface area contributed by atoms with E-state index in [-0.39, 0.29) is 17.5 Å². The second-order valence-electron chi connectivity index (χ2n) is 5.79. The lowest BCUT2D eigenvalue weighted by atomic mass is 9.73. The predicted molar refractivity (Wildman–Crippen MR) is 85.3 cm³/mol. The molecule has 2 aliphatic rings. The van der Waals surface area contributed by atoms with Gasteiger partial charge < -0.3 is 0 Å². The van der Waals surface area contributed by atoms with E-state index in [1.807, 2.05) is 0 Å². The van der Waals surface area contributed by atoms with E-state index in [1.165, 1.54) is 12.1 Å². The van der Waals surface area contributed by atoms with Crippen molar-refractivity contribution in [2.24, 2.45) is 22.0 Å². The van der Waals surface area contributed by atoms with Crippen LogP contribution in [0, 0.1) is 22.0 Å². The Morgan fingerprint density at radius 3 is 1.79 bits per heavy atom. The molecule has 1 aromatic rings. The largest absolute Gasteiger partial charge is 0.272 e. The highest BCUT2D eigenvalue weighted by Crippen LogP contribution is 2.38. The molecule has 0 radical (unpaired) electrons. The number of carbonyl (C=O) groups is 2. The predicted octanol–water partition coefficient (Wildman–Crippen LogP) is 0.922. The van der Waals surface area contributed by atoms with Gasteiger partial charge in [-0.2, -0.15) is 10.2 Å². The number of nitrogens with one attached hydrogen (secondary N) is 2. The first kappa shape index (κ1) is 15.8. The summed E-state index contributed by atoms with van der Waals surface area (Å²) in [4.78, 5) is 34.8. The minimum absolute atomic E-state index is 0.0555. The van der Waals surface area contributed by atoms with Crippen LogP contribution in [0.25, 0.3) is 0 Å². The summed E-state index contributed by atoms with van der Waals surface area (Å²) in [7, 11) is 0. The molecule has 0 saturated carbocycles. The number of nitro benzene ring substituents is 1. The van der Waals surface area contributed by atoms with Gasteiger partial charge in [-0.25, -0.2) is 10.9 Å². The van der Waals surface area contributed by atoms with Crippen molar-refractivity contribution in [3.63, 3.8) is 0 Å². The highest BCUT2D eigenvalue weighted by molar-refractivity contribution is 6.12. The Morgan fingerprint density at radius 2 is 1.46 bits per heavy atom. The number of hydrogen-bond donors (Lipinski definition) is 2. The number of benzene rings is 1. The highest BCUT2D eigenvalue weighted by atomic mass is 16.6. The van der Waals surface area contributed by atoms with E-state index in [0.29, 0.717) is 17.0 Å². The fourth-order valence-corrected chi connectivity index (χ4v) is 3.19. The molecule has 0 spiro atoms. The third kappa shape index (κ3) is 2.53. The van der Waals surface area contributed by atoms with Gasteiger partial charge in [-0.1, -0.05) is 12.1 Å². The summed E-state index contributed by atoms with van der Waals surface area (Å²) in [5.41, 5.74) is 6.57. The lowest BCUT2D eigenvalue weighted by Gasteiger charge is -2.26. The van der Waals surface area contributed by atoms with Crippen molar-refractivity contribution >= 4 is 28.9 Å². The molecular formula is C15H15N5O4. The van der Waals surface area contributed by atoms with Crippen LogP contribution in [0.2, 0.25) is 0 Å². The van der Waals surface area contributed by atoms with Gasteiger partial charge in [0.25, 0.3) is 5.69 Å². The van der Waals surface area contributed by atoms with Crippen LogP contribution in [-0.4, -0.2) is 28.2 Å². The van der Waals surface area contributed by atoms with E-state index in [4.69, 9.17) is 0 Å². The van der Waals surface area contributed by atoms with E-state index in [2.05, 4.69) is 21.1 Å². The van der Waals surface area contributed by atoms with Crippen molar-refractivity contribution < 1.29 is 14.5 Å². The highest BCUT2D eigenvalue weighted by Gasteiger charge is 2.45. The second kappa shape index (κ2) is 5.84. The van der Waals surface area contributed by atoms with Crippen LogP contribution < -0.4 is 10.9 Å². The summed E-state index contributed by atoms with van der Waals surface area (Å²) in [6.07, 6.45) is 0. The average Bonchev–Trinajstić information content (AvgIpc) is 3.05. The summed E-state index contributed by atoms with van der Waals surface area (Å²) in [6.45, 7) is 3.42. The first-order valence-corrected chi connectivity index (χ1v) is 7.32. The molecule has 9 nitrogen and oxygen atoms in total. The minimum Gasteiger partial charge on any atom is -0.272 e. The van der Waals surface area contributed by atoms with Crippen molar-refractivity contribution in [3.8, 4) is 0 Å². The smallest absolute Gasteiger partial charge is 0.269 e. The lowest BCUT2D eigenvalue weighted by molar-refractivity contribution is -0.384. The topological polar surface area (TPSA) is 126 Å². The molecule has 2 atom stereocenters. The maximum absolute atomic E-state index is 12.2. The molecule has 2 amide bonds. The molecule has 0 unspecified atom stereocenters. The van der Waals surface area contributed by atoms with Crippen LogP contribution in [0.4, 0.5) is 5.69 Å². The van der Waals surface area contributed by atoms with E-state index < -0.39 is 22.7 Å². The molecule has 0 bridgehead atoms. The van der Waals surface area contributed by atoms with Crippen molar-refractivity contribution in [2.75, 3.05) is 0 Å². The molecule has 2 heterocycles. The first-order chi connectivity index (χ1) is 11.4. The molecule has 124 valence electrons. The van der Waals surface area contributed by atoms with Gasteiger partial charge in [0.15, 0.2) is 0 Å². The number of carbonyl (C=O) groups excluding carboxylic acids is 2. The summed E-state index contributed by atoms with van der Waals surface area (Å²) in [6, 6.07) is 5.86. The van der Waals surface area contributed by atoms with Crippen molar-refractivity contribution in [3.05, 3.63) is 39.9 Å². The lowest BCUT2D eigenvalue weighted by Crippen LogP contribution is -2.38. The number of non-ortho nitro benzene ring substituents is 1. The molecule has 2 N–H and O–H groups in total. The Morgan fingerprint density at radius 1 is 1.00 bits per heavy atom. The Balaban J connectivity index is 2.07. The number of rotatable bonds is 4. The van der Waals surface area contributed by atoms with Crippen LogP contribution in [0.15, 0.2) is 34.5 Å².